The number of fused-ring (bicyclic) bond motifs is 1. The van der Waals surface area contributed by atoms with Crippen molar-refractivity contribution in [2.75, 3.05) is 37.5 Å². The van der Waals surface area contributed by atoms with Gasteiger partial charge in [0.05, 0.1) is 31.0 Å². The Morgan fingerprint density at radius 3 is 2.78 bits per heavy atom. The van der Waals surface area contributed by atoms with E-state index >= 15 is 0 Å². The number of nitrogens with one attached hydrogen (secondary N) is 4. The first kappa shape index (κ1) is 29.8. The number of aromatic nitrogens is 4. The molecular formula is C25H29FN7O7P. The molecule has 16 heteroatoms. The fourth-order valence-corrected chi connectivity index (χ4v) is 4.19. The first-order chi connectivity index (χ1) is 19.6. The molecule has 2 aromatic carbocycles. The van der Waals surface area contributed by atoms with Crippen molar-refractivity contribution in [3.05, 3.63) is 60.3 Å². The predicted molar refractivity (Wildman–Crippen MR) is 148 cm³/mol. The van der Waals surface area contributed by atoms with E-state index < -0.39 is 13.6 Å². The second-order valence-electron chi connectivity index (χ2n) is 8.87. The number of benzene rings is 2. The largest absolute Gasteiger partial charge is 0.497 e. The van der Waals surface area contributed by atoms with Crippen molar-refractivity contribution in [1.82, 2.24) is 25.5 Å². The molecule has 0 aliphatic heterocycles. The molecule has 0 saturated heterocycles. The number of carbonyl (C=O) groups excluding carboxylic acids is 1. The molecule has 6 N–H and O–H groups in total. The van der Waals surface area contributed by atoms with Gasteiger partial charge in [-0.25, -0.2) is 18.9 Å². The number of hydrogen-bond donors (Lipinski definition) is 6. The molecular weight excluding hydrogens is 560 g/mol. The Morgan fingerprint density at radius 1 is 1.20 bits per heavy atom. The van der Waals surface area contributed by atoms with Crippen LogP contribution in [0.1, 0.15) is 12.6 Å². The van der Waals surface area contributed by atoms with Gasteiger partial charge in [0.25, 0.3) is 0 Å². The number of nitrogens with zero attached hydrogens (tertiary/aromatic N) is 3. The molecule has 1 atom stereocenters. The molecule has 0 radical (unpaired) electrons. The van der Waals surface area contributed by atoms with Crippen molar-refractivity contribution in [3.8, 4) is 11.5 Å². The molecule has 0 saturated carbocycles. The van der Waals surface area contributed by atoms with Gasteiger partial charge in [0.1, 0.15) is 36.1 Å². The minimum atomic E-state index is -4.55. The second kappa shape index (κ2) is 13.5. The van der Waals surface area contributed by atoms with E-state index in [4.69, 9.17) is 19.3 Å². The first-order valence-corrected chi connectivity index (χ1v) is 13.9. The van der Waals surface area contributed by atoms with Gasteiger partial charge in [-0.2, -0.15) is 5.10 Å². The number of amides is 1. The van der Waals surface area contributed by atoms with Gasteiger partial charge in [-0.15, -0.1) is 0 Å². The van der Waals surface area contributed by atoms with E-state index in [-0.39, 0.29) is 31.6 Å². The maximum Gasteiger partial charge on any atom is 0.469 e. The summed E-state index contributed by atoms with van der Waals surface area (Å²) >= 11 is 0. The van der Waals surface area contributed by atoms with Gasteiger partial charge in [-0.3, -0.25) is 14.4 Å². The number of ether oxygens (including phenoxy) is 2. The molecule has 218 valence electrons. The van der Waals surface area contributed by atoms with Crippen molar-refractivity contribution in [1.29, 1.82) is 0 Å². The van der Waals surface area contributed by atoms with Gasteiger partial charge in [0.15, 0.2) is 5.82 Å². The van der Waals surface area contributed by atoms with Crippen molar-refractivity contribution >= 4 is 42.0 Å². The van der Waals surface area contributed by atoms with Crippen LogP contribution in [0.2, 0.25) is 0 Å². The minimum Gasteiger partial charge on any atom is -0.497 e. The SMILES string of the molecule is COc1cc(OCCNC(C)COP(=O)(O)O)c2c(Nc3cc(CC(=O)Nc4cccc(F)c4)[nH]n3)ncnc2c1. The van der Waals surface area contributed by atoms with E-state index in [1.165, 1.54) is 31.6 Å². The van der Waals surface area contributed by atoms with Crippen LogP contribution in [0.25, 0.3) is 10.9 Å². The van der Waals surface area contributed by atoms with Crippen molar-refractivity contribution < 1.29 is 37.5 Å². The molecule has 14 nitrogen and oxygen atoms in total. The fourth-order valence-electron chi connectivity index (χ4n) is 3.77. The Balaban J connectivity index is 1.43. The fraction of sp³-hybridized carbons (Fsp3) is 0.280. The van der Waals surface area contributed by atoms with Crippen molar-refractivity contribution in [2.24, 2.45) is 0 Å². The minimum absolute atomic E-state index is 0.0219. The molecule has 4 rings (SSSR count). The summed E-state index contributed by atoms with van der Waals surface area (Å²) in [5, 5.41) is 16.4. The molecule has 1 unspecified atom stereocenters. The Morgan fingerprint density at radius 2 is 2.02 bits per heavy atom. The summed E-state index contributed by atoms with van der Waals surface area (Å²) in [6.45, 7) is 2.09. The number of H-pyrrole nitrogens is 1. The van der Waals surface area contributed by atoms with Crippen LogP contribution in [0.15, 0.2) is 48.8 Å². The third-order valence-electron chi connectivity index (χ3n) is 5.59. The lowest BCUT2D eigenvalue weighted by atomic mass is 10.2. The van der Waals surface area contributed by atoms with Crippen LogP contribution in [-0.4, -0.2) is 68.8 Å². The Hall–Kier alpha value is -4.14. The monoisotopic (exact) mass is 589 g/mol. The van der Waals surface area contributed by atoms with Crippen LogP contribution >= 0.6 is 7.82 Å². The van der Waals surface area contributed by atoms with Gasteiger partial charge in [0.2, 0.25) is 5.91 Å². The molecule has 4 aromatic rings. The van der Waals surface area contributed by atoms with Gasteiger partial charge >= 0.3 is 7.82 Å². The summed E-state index contributed by atoms with van der Waals surface area (Å²) in [5.41, 5.74) is 1.40. The number of halogens is 1. The van der Waals surface area contributed by atoms with Gasteiger partial charge in [-0.1, -0.05) is 6.07 Å². The number of methoxy groups -OCH3 is 1. The van der Waals surface area contributed by atoms with E-state index in [2.05, 4.69) is 40.6 Å². The van der Waals surface area contributed by atoms with E-state index in [9.17, 15) is 13.8 Å². The number of rotatable bonds is 14. The lowest BCUT2D eigenvalue weighted by Crippen LogP contribution is -2.33. The molecule has 0 fully saturated rings. The highest BCUT2D eigenvalue weighted by atomic mass is 31.2. The Labute approximate surface area is 233 Å². The molecule has 41 heavy (non-hydrogen) atoms. The Bertz CT molecular complexity index is 1550. The average molecular weight is 590 g/mol. The van der Waals surface area contributed by atoms with Gasteiger partial charge in [0, 0.05) is 42.2 Å². The second-order valence-corrected chi connectivity index (χ2v) is 10.1. The predicted octanol–water partition coefficient (Wildman–Crippen LogP) is 2.89. The first-order valence-electron chi connectivity index (χ1n) is 12.4. The van der Waals surface area contributed by atoms with Crippen LogP contribution in [0.3, 0.4) is 0 Å². The van der Waals surface area contributed by atoms with Crippen LogP contribution in [0.5, 0.6) is 11.5 Å². The number of phosphoric ester groups is 1. The van der Waals surface area contributed by atoms with Gasteiger partial charge < -0.3 is 35.2 Å². The van der Waals surface area contributed by atoms with Crippen molar-refractivity contribution in [2.45, 2.75) is 19.4 Å². The van der Waals surface area contributed by atoms with E-state index in [1.54, 1.807) is 31.2 Å². The van der Waals surface area contributed by atoms with Crippen molar-refractivity contribution in [3.63, 3.8) is 0 Å². The highest BCUT2D eigenvalue weighted by Gasteiger charge is 2.17. The molecule has 0 aliphatic rings. The standard InChI is InChI=1S/C25H29FN7O7P/c1-15(13-40-41(35,36)37)27-6-7-39-21-12-19(38-2)11-20-24(21)25(29-14-28-20)31-22-9-18(32-33-22)10-23(34)30-17-5-3-4-16(26)8-17/h3-5,8-9,11-12,14-15,27H,6-7,10,13H2,1-2H3,(H,30,34)(H2,35,36,37)(H2,28,29,31,32,33). The summed E-state index contributed by atoms with van der Waals surface area (Å²) in [4.78, 5) is 38.7. The van der Waals surface area contributed by atoms with E-state index in [1.807, 2.05) is 0 Å². The number of carbonyl (C=O) groups is 1. The topological polar surface area (TPSA) is 193 Å². The van der Waals surface area contributed by atoms with E-state index in [0.717, 1.165) is 0 Å². The van der Waals surface area contributed by atoms with Crippen LogP contribution in [0, 0.1) is 5.82 Å². The quantitative estimate of drug-likeness (QED) is 0.0932. The summed E-state index contributed by atoms with van der Waals surface area (Å²) < 4.78 is 40.1. The zero-order valence-corrected chi connectivity index (χ0v) is 23.0. The molecule has 0 spiro atoms. The average Bonchev–Trinajstić information content (AvgIpc) is 3.35. The highest BCUT2D eigenvalue weighted by Crippen LogP contribution is 2.36. The molecule has 2 aromatic heterocycles. The number of phosphoric acid groups is 1. The molecule has 0 aliphatic carbocycles. The summed E-state index contributed by atoms with van der Waals surface area (Å²) in [6.07, 6.45) is 1.35. The summed E-state index contributed by atoms with van der Waals surface area (Å²) in [6, 6.07) is 10.3. The normalized spacial score (nSPS) is 12.2. The number of anilines is 3. The highest BCUT2D eigenvalue weighted by molar-refractivity contribution is 7.46. The number of hydrogen-bond acceptors (Lipinski definition) is 10. The smallest absolute Gasteiger partial charge is 0.469 e. The Kier molecular flexibility index (Phi) is 9.81. The van der Waals surface area contributed by atoms with Gasteiger partial charge in [-0.05, 0) is 25.1 Å². The van der Waals surface area contributed by atoms with Crippen LogP contribution in [0.4, 0.5) is 21.7 Å². The van der Waals surface area contributed by atoms with E-state index in [0.29, 0.717) is 52.0 Å². The molecule has 2 heterocycles. The van der Waals surface area contributed by atoms with Crippen LogP contribution in [-0.2, 0) is 20.3 Å². The molecule has 1 amide bonds. The maximum absolute atomic E-state index is 13.4. The summed E-state index contributed by atoms with van der Waals surface area (Å²) in [5.74, 6) is 0.922. The summed E-state index contributed by atoms with van der Waals surface area (Å²) in [7, 11) is -3.03. The van der Waals surface area contributed by atoms with Crippen LogP contribution < -0.4 is 25.4 Å². The number of aromatic amines is 1. The lowest BCUT2D eigenvalue weighted by Gasteiger charge is -2.16. The lowest BCUT2D eigenvalue weighted by molar-refractivity contribution is -0.115. The zero-order chi connectivity index (χ0) is 29.4. The third kappa shape index (κ3) is 8.93. The zero-order valence-electron chi connectivity index (χ0n) is 22.1. The maximum atomic E-state index is 13.4. The third-order valence-corrected chi connectivity index (χ3v) is 6.08. The molecule has 0 bridgehead atoms.